The monoisotopic (exact) mass is 3370 g/mol. The van der Waals surface area contributed by atoms with Crippen molar-refractivity contribution in [2.45, 2.75) is 31.5 Å². The van der Waals surface area contributed by atoms with Gasteiger partial charge < -0.3 is 72.2 Å². The Labute approximate surface area is 809 Å². The number of aliphatic hydroxyl groups is 3. The van der Waals surface area contributed by atoms with Crippen molar-refractivity contribution < 1.29 is 101 Å². The van der Waals surface area contributed by atoms with Gasteiger partial charge in [-0.3, -0.25) is 0 Å². The summed E-state index contributed by atoms with van der Waals surface area (Å²) >= 11 is 39.4. The molecule has 0 bridgehead atoms. The quantitative estimate of drug-likeness (QED) is 0.0153. The third-order valence-electron chi connectivity index (χ3n) is 10.9. The summed E-state index contributed by atoms with van der Waals surface area (Å²) < 4.78 is 81.0. The van der Waals surface area contributed by atoms with Gasteiger partial charge in [-0.25, -0.2) is 28.8 Å². The van der Waals surface area contributed by atoms with Crippen LogP contribution in [0, 0.1) is 64.3 Å². The summed E-state index contributed by atoms with van der Waals surface area (Å²) in [6.07, 6.45) is -3.44. The molecule has 0 amide bonds. The van der Waals surface area contributed by atoms with Crippen LogP contribution in [0.25, 0.3) is 0 Å². The summed E-state index contributed by atoms with van der Waals surface area (Å²) in [6.45, 7) is -2.95. The van der Waals surface area contributed by atoms with Crippen LogP contribution in [0.5, 0.6) is 23.0 Å². The molecule has 0 saturated heterocycles. The van der Waals surface area contributed by atoms with Crippen LogP contribution in [-0.4, -0.2) is 149 Å². The van der Waals surface area contributed by atoms with Crippen LogP contribution in [0.15, 0.2) is 72.8 Å². The van der Waals surface area contributed by atoms with Gasteiger partial charge in [0.25, 0.3) is 0 Å². The summed E-state index contributed by atoms with van der Waals surface area (Å²) in [5.41, 5.74) is 1.98. The molecule has 534 valence electrons. The Bertz CT molecular complexity index is 3460. The molecule has 0 aliphatic heterocycles. The Morgan fingerprint density at radius 1 is 0.276 bits per heavy atom. The molecule has 0 heterocycles. The minimum absolute atomic E-state index is 0.241. The Morgan fingerprint density at radius 2 is 0.490 bits per heavy atom. The summed E-state index contributed by atoms with van der Waals surface area (Å²) in [6, 6.07) is 23.5. The first-order valence-corrected chi connectivity index (χ1v) is 46.1. The summed E-state index contributed by atoms with van der Waals surface area (Å²) in [7, 11) is 0. The van der Waals surface area contributed by atoms with Crippen LogP contribution < -0.4 is 18.9 Å². The molecule has 0 saturated carbocycles. The number of benzene rings is 6. The number of halogens is 18. The number of carbonyl (C=O) groups excluding carboxylic acids is 6. The largest absolute Gasteiger partial charge is 0.481 e. The van der Waals surface area contributed by atoms with Crippen molar-refractivity contribution in [2.75, 3.05) is 79.3 Å². The van der Waals surface area contributed by atoms with Gasteiger partial charge in [-0.15, -0.1) is 0 Å². The molecular formula is C59H46I18O21. The van der Waals surface area contributed by atoms with Crippen LogP contribution in [0.3, 0.4) is 0 Å². The molecular weight excluding hydrogens is 3330 g/mol. The fourth-order valence-electron chi connectivity index (χ4n) is 6.59. The predicted octanol–water partition coefficient (Wildman–Crippen LogP) is 15.9. The van der Waals surface area contributed by atoms with Crippen molar-refractivity contribution >= 4 is 442 Å². The molecule has 39 heteroatoms. The number of ether oxygens (including phenoxy) is 12. The van der Waals surface area contributed by atoms with E-state index in [9.17, 15) is 44.1 Å². The van der Waals surface area contributed by atoms with Gasteiger partial charge in [0.1, 0.15) is 94.2 Å². The zero-order valence-electron chi connectivity index (χ0n) is 49.1. The van der Waals surface area contributed by atoms with Gasteiger partial charge in [0.2, 0.25) is 0 Å². The van der Waals surface area contributed by atoms with Crippen LogP contribution in [-0.2, 0) is 79.9 Å². The van der Waals surface area contributed by atoms with Gasteiger partial charge in [0, 0.05) is 42.8 Å². The highest BCUT2D eigenvalue weighted by Crippen LogP contribution is 2.33. The summed E-state index contributed by atoms with van der Waals surface area (Å²) in [4.78, 5) is 71.3. The van der Waals surface area contributed by atoms with E-state index < -0.39 is 54.1 Å². The third kappa shape index (κ3) is 37.5. The van der Waals surface area contributed by atoms with Gasteiger partial charge in [-0.2, -0.15) is 0 Å². The fourth-order valence-corrected chi connectivity index (χ4v) is 23.8. The van der Waals surface area contributed by atoms with Crippen LogP contribution >= 0.6 is 407 Å². The molecule has 0 aromatic heterocycles. The lowest BCUT2D eigenvalue weighted by Gasteiger charge is -2.14. The van der Waals surface area contributed by atoms with Gasteiger partial charge in [-0.1, -0.05) is 0 Å². The highest BCUT2D eigenvalue weighted by Gasteiger charge is 2.20. The molecule has 6 aromatic carbocycles. The Morgan fingerprint density at radius 3 is 0.765 bits per heavy atom. The second kappa shape index (κ2) is 51.0. The summed E-state index contributed by atoms with van der Waals surface area (Å²) in [5.74, 6) is -1.35. The van der Waals surface area contributed by atoms with Crippen molar-refractivity contribution in [3.63, 3.8) is 0 Å². The second-order valence-electron chi connectivity index (χ2n) is 18.7. The minimum atomic E-state index is -1.15. The molecule has 6 aromatic rings. The first kappa shape index (κ1) is 94.7. The van der Waals surface area contributed by atoms with E-state index in [1.54, 1.807) is 0 Å². The topological polar surface area (TPSA) is 274 Å². The highest BCUT2D eigenvalue weighted by atomic mass is 127. The van der Waals surface area contributed by atoms with E-state index in [-0.39, 0.29) is 92.5 Å². The maximum Gasteiger partial charge on any atom is 0.344 e. The number of hydrogen-bond donors (Lipinski definition) is 3. The van der Waals surface area contributed by atoms with Crippen molar-refractivity contribution in [2.24, 2.45) is 0 Å². The van der Waals surface area contributed by atoms with E-state index in [1.807, 2.05) is 60.7 Å². The predicted molar refractivity (Wildman–Crippen MR) is 513 cm³/mol. The van der Waals surface area contributed by atoms with E-state index in [0.717, 1.165) is 75.4 Å². The third-order valence-corrected chi connectivity index (χ3v) is 30.2. The number of esters is 6. The van der Waals surface area contributed by atoms with Crippen LogP contribution in [0.2, 0.25) is 0 Å². The Hall–Kier alpha value is 4.28. The molecule has 0 fully saturated rings. The fraction of sp³-hybridized carbons (Fsp3) is 0.288. The van der Waals surface area contributed by atoms with Gasteiger partial charge in [0.05, 0.1) is 34.6 Å². The number of rotatable bonds is 32. The summed E-state index contributed by atoms with van der Waals surface area (Å²) in [5, 5.41) is 29.7. The molecule has 0 unspecified atom stereocenters. The smallest absolute Gasteiger partial charge is 0.344 e. The normalized spacial score (nSPS) is 10.9. The van der Waals surface area contributed by atoms with E-state index in [4.69, 9.17) is 56.8 Å². The molecule has 0 atom stereocenters. The first-order valence-electron chi connectivity index (χ1n) is 26.7. The molecule has 21 nitrogen and oxygen atoms in total. The first-order chi connectivity index (χ1) is 46.2. The molecule has 0 aliphatic rings. The van der Waals surface area contributed by atoms with Gasteiger partial charge >= 0.3 is 35.8 Å². The zero-order valence-corrected chi connectivity index (χ0v) is 87.9. The molecule has 0 radical (unpaired) electrons. The van der Waals surface area contributed by atoms with E-state index >= 15 is 0 Å². The van der Waals surface area contributed by atoms with Crippen molar-refractivity contribution in [1.82, 2.24) is 0 Å². The highest BCUT2D eigenvalue weighted by molar-refractivity contribution is 14.1. The van der Waals surface area contributed by atoms with Crippen molar-refractivity contribution in [1.29, 1.82) is 0 Å². The van der Waals surface area contributed by atoms with Crippen molar-refractivity contribution in [3.8, 4) is 23.0 Å². The average molecular weight is 3380 g/mol. The maximum atomic E-state index is 11.9. The van der Waals surface area contributed by atoms with Crippen LogP contribution in [0.1, 0.15) is 11.1 Å². The molecule has 0 aliphatic carbocycles. The lowest BCUT2D eigenvalue weighted by molar-refractivity contribution is -0.158. The maximum absolute atomic E-state index is 11.9. The van der Waals surface area contributed by atoms with E-state index in [0.29, 0.717) is 23.0 Å². The van der Waals surface area contributed by atoms with E-state index in [2.05, 4.69) is 419 Å². The van der Waals surface area contributed by atoms with Gasteiger partial charge in [-0.05, 0) is 491 Å². The average Bonchev–Trinajstić information content (AvgIpc) is 0.922. The number of hydrogen-bond acceptors (Lipinski definition) is 21. The standard InChI is InChI=1S/C21H18I6O7.2C19H14I6O7/c22-13-1-11(20(26)16(24)3-13)5-31-9-18(29)33-7-15(28)8-34-19(30)10-32-6-12-2-14(23)4-17(25)21(12)27;20-9-1-12(22)18(24)14(3-9)29-7-16(27)31-5-11(26)6-32-17(28)8-30-15-4-10(21)2-13(23)19(15)25;20-9-1-12(22)18(13(23)2-9)31-7-16(27)29-5-11(26)6-30-17(28)8-32-19-14(24)3-10(21)4-15(19)25/h1-4,15,28H,5-10H2;2*1-4,11,26H,5-8H2. The Balaban J connectivity index is 0.000000312. The second-order valence-corrected chi connectivity index (χ2v) is 39.8. The molecule has 98 heavy (non-hydrogen) atoms. The minimum Gasteiger partial charge on any atom is -0.481 e. The Kier molecular flexibility index (Phi) is 49.3. The van der Waals surface area contributed by atoms with Crippen molar-refractivity contribution in [3.05, 3.63) is 148 Å². The zero-order chi connectivity index (χ0) is 72.9. The van der Waals surface area contributed by atoms with Gasteiger partial charge in [0.15, 0.2) is 26.4 Å². The lowest BCUT2D eigenvalue weighted by atomic mass is 10.2. The molecule has 6 rings (SSSR count). The SMILES string of the molecule is O=C(COCc1cc(I)cc(I)c1I)OCC(O)COC(=O)COCc1cc(I)cc(I)c1I.O=C(COc1c(I)cc(I)cc1I)OCC(O)COC(=O)COc1c(I)cc(I)cc1I.O=C(COc1cc(I)cc(I)c1I)OCC(O)COC(=O)COc1cc(I)cc(I)c1I. The molecule has 3 N–H and O–H groups in total. The lowest BCUT2D eigenvalue weighted by Crippen LogP contribution is -2.28. The number of aliphatic hydroxyl groups excluding tert-OH is 3. The van der Waals surface area contributed by atoms with E-state index in [1.165, 1.54) is 0 Å². The molecule has 0 spiro atoms. The number of carbonyl (C=O) groups is 6. The van der Waals surface area contributed by atoms with Crippen LogP contribution in [0.4, 0.5) is 0 Å².